The van der Waals surface area contributed by atoms with Gasteiger partial charge in [0.25, 0.3) is 0 Å². The predicted octanol–water partition coefficient (Wildman–Crippen LogP) is 0.798. The molecule has 0 fully saturated rings. The van der Waals surface area contributed by atoms with Crippen molar-refractivity contribution in [2.75, 3.05) is 0 Å². The molecule has 0 amide bonds. The van der Waals surface area contributed by atoms with Crippen molar-refractivity contribution in [1.29, 1.82) is 0 Å². The van der Waals surface area contributed by atoms with Gasteiger partial charge < -0.3 is 15.2 Å². The molecule has 0 saturated carbocycles. The van der Waals surface area contributed by atoms with Gasteiger partial charge in [-0.05, 0) is 0 Å². The largest absolute Gasteiger partial charge is 0.477 e. The number of carboxylic acids is 2. The van der Waals surface area contributed by atoms with Crippen molar-refractivity contribution >= 4 is 11.9 Å². The number of aromatic carboxylic acids is 2. The molecular weight excluding hydrogens is 202 g/mol. The SMILES string of the molecule is CC.O=C(O)c1cc(=O)cc(C(=O)O)[nH]1. The van der Waals surface area contributed by atoms with E-state index in [2.05, 4.69) is 4.98 Å². The highest BCUT2D eigenvalue weighted by molar-refractivity contribution is 5.89. The van der Waals surface area contributed by atoms with E-state index in [0.717, 1.165) is 12.1 Å². The zero-order valence-corrected chi connectivity index (χ0v) is 8.27. The Balaban J connectivity index is 0.000000921. The van der Waals surface area contributed by atoms with Crippen molar-refractivity contribution in [3.8, 4) is 0 Å². The van der Waals surface area contributed by atoms with Crippen LogP contribution in [-0.4, -0.2) is 27.1 Å². The Bertz CT molecular complexity index is 386. The normalized spacial score (nSPS) is 8.67. The summed E-state index contributed by atoms with van der Waals surface area (Å²) >= 11 is 0. The van der Waals surface area contributed by atoms with E-state index in [1.807, 2.05) is 13.8 Å². The molecule has 0 aliphatic carbocycles. The van der Waals surface area contributed by atoms with Crippen LogP contribution in [0.15, 0.2) is 16.9 Å². The summed E-state index contributed by atoms with van der Waals surface area (Å²) in [7, 11) is 0. The maximum atomic E-state index is 10.8. The van der Waals surface area contributed by atoms with E-state index < -0.39 is 28.8 Å². The maximum Gasteiger partial charge on any atom is 0.352 e. The first kappa shape index (κ1) is 12.9. The molecule has 0 aromatic carbocycles. The average molecular weight is 213 g/mol. The number of H-pyrrole nitrogens is 1. The second-order valence-corrected chi connectivity index (χ2v) is 2.25. The lowest BCUT2D eigenvalue weighted by Gasteiger charge is -1.96. The molecule has 1 heterocycles. The van der Waals surface area contributed by atoms with Crippen LogP contribution in [0.4, 0.5) is 0 Å². The van der Waals surface area contributed by atoms with Crippen LogP contribution < -0.4 is 5.43 Å². The average Bonchev–Trinajstić information content (AvgIpc) is 2.19. The molecule has 6 heteroatoms. The Labute approximate surface area is 85.2 Å². The third-order valence-corrected chi connectivity index (χ3v) is 1.30. The number of carboxylic acid groups (broad SMARTS) is 2. The molecule has 15 heavy (non-hydrogen) atoms. The summed E-state index contributed by atoms with van der Waals surface area (Å²) in [5.74, 6) is -2.75. The Hall–Kier alpha value is -2.11. The smallest absolute Gasteiger partial charge is 0.352 e. The van der Waals surface area contributed by atoms with Gasteiger partial charge in [-0.1, -0.05) is 13.8 Å². The fourth-order valence-corrected chi connectivity index (χ4v) is 0.774. The second kappa shape index (κ2) is 5.58. The first-order valence-corrected chi connectivity index (χ1v) is 4.21. The van der Waals surface area contributed by atoms with Crippen molar-refractivity contribution < 1.29 is 19.8 Å². The minimum Gasteiger partial charge on any atom is -0.477 e. The zero-order valence-electron chi connectivity index (χ0n) is 8.27. The summed E-state index contributed by atoms with van der Waals surface area (Å²) in [5.41, 5.74) is -1.54. The summed E-state index contributed by atoms with van der Waals surface area (Å²) in [5, 5.41) is 16.9. The molecular formula is C9H11NO5. The van der Waals surface area contributed by atoms with Crippen LogP contribution in [0, 0.1) is 0 Å². The summed E-state index contributed by atoms with van der Waals surface area (Å²) in [6, 6.07) is 1.63. The van der Waals surface area contributed by atoms with E-state index >= 15 is 0 Å². The fourth-order valence-electron chi connectivity index (χ4n) is 0.774. The predicted molar refractivity (Wildman–Crippen MR) is 52.3 cm³/mol. The fraction of sp³-hybridized carbons (Fsp3) is 0.222. The van der Waals surface area contributed by atoms with Crippen LogP contribution in [0.1, 0.15) is 34.8 Å². The third-order valence-electron chi connectivity index (χ3n) is 1.30. The Kier molecular flexibility index (Phi) is 4.80. The Morgan fingerprint density at radius 1 is 1.07 bits per heavy atom. The lowest BCUT2D eigenvalue weighted by Crippen LogP contribution is -2.13. The van der Waals surface area contributed by atoms with Gasteiger partial charge in [-0.25, -0.2) is 9.59 Å². The quantitative estimate of drug-likeness (QED) is 0.673. The summed E-state index contributed by atoms with van der Waals surface area (Å²) < 4.78 is 0. The summed E-state index contributed by atoms with van der Waals surface area (Å²) in [6.45, 7) is 4.00. The Morgan fingerprint density at radius 2 is 1.40 bits per heavy atom. The molecule has 0 spiro atoms. The number of aromatic amines is 1. The molecule has 0 atom stereocenters. The standard InChI is InChI=1S/C7H5NO5.C2H6/c9-3-1-4(6(10)11)8-5(2-3)7(12)13;1-2/h1-2H,(H,8,9)(H,10,11)(H,12,13);1-2H3. The number of hydrogen-bond acceptors (Lipinski definition) is 3. The van der Waals surface area contributed by atoms with Gasteiger partial charge in [0.2, 0.25) is 0 Å². The number of aromatic nitrogens is 1. The van der Waals surface area contributed by atoms with E-state index in [0.29, 0.717) is 0 Å². The summed E-state index contributed by atoms with van der Waals surface area (Å²) in [4.78, 5) is 33.6. The first-order valence-electron chi connectivity index (χ1n) is 4.21. The molecule has 0 radical (unpaired) electrons. The van der Waals surface area contributed by atoms with Gasteiger partial charge >= 0.3 is 11.9 Å². The van der Waals surface area contributed by atoms with E-state index in [9.17, 15) is 14.4 Å². The number of carbonyl (C=O) groups is 2. The molecule has 0 aliphatic heterocycles. The van der Waals surface area contributed by atoms with Crippen molar-refractivity contribution in [3.63, 3.8) is 0 Å². The van der Waals surface area contributed by atoms with Gasteiger partial charge in [0.15, 0.2) is 5.43 Å². The highest BCUT2D eigenvalue weighted by atomic mass is 16.4. The maximum absolute atomic E-state index is 10.8. The highest BCUT2D eigenvalue weighted by Crippen LogP contribution is 1.94. The van der Waals surface area contributed by atoms with E-state index in [-0.39, 0.29) is 0 Å². The third kappa shape index (κ3) is 3.63. The second-order valence-electron chi connectivity index (χ2n) is 2.25. The number of rotatable bonds is 2. The van der Waals surface area contributed by atoms with Gasteiger partial charge in [0.1, 0.15) is 11.4 Å². The van der Waals surface area contributed by atoms with Gasteiger partial charge in [-0.2, -0.15) is 0 Å². The Morgan fingerprint density at radius 3 is 1.67 bits per heavy atom. The number of pyridine rings is 1. The van der Waals surface area contributed by atoms with Crippen LogP contribution in [0.5, 0.6) is 0 Å². The highest BCUT2D eigenvalue weighted by Gasteiger charge is 2.09. The van der Waals surface area contributed by atoms with Crippen LogP contribution in [0.25, 0.3) is 0 Å². The first-order chi connectivity index (χ1) is 7.00. The molecule has 3 N–H and O–H groups in total. The van der Waals surface area contributed by atoms with E-state index in [1.165, 1.54) is 0 Å². The minimum atomic E-state index is -1.37. The minimum absolute atomic E-state index is 0.440. The molecule has 1 rings (SSSR count). The topological polar surface area (TPSA) is 107 Å². The zero-order chi connectivity index (χ0) is 12.0. The lowest BCUT2D eigenvalue weighted by molar-refractivity contribution is 0.0685. The van der Waals surface area contributed by atoms with Crippen LogP contribution in [0.2, 0.25) is 0 Å². The molecule has 1 aromatic heterocycles. The molecule has 6 nitrogen and oxygen atoms in total. The van der Waals surface area contributed by atoms with Crippen molar-refractivity contribution in [2.24, 2.45) is 0 Å². The monoisotopic (exact) mass is 213 g/mol. The van der Waals surface area contributed by atoms with Crippen molar-refractivity contribution in [1.82, 2.24) is 4.98 Å². The molecule has 82 valence electrons. The molecule has 0 aliphatic rings. The van der Waals surface area contributed by atoms with Gasteiger partial charge in [-0.15, -0.1) is 0 Å². The van der Waals surface area contributed by atoms with Crippen LogP contribution >= 0.6 is 0 Å². The van der Waals surface area contributed by atoms with Gasteiger partial charge in [0, 0.05) is 12.1 Å². The van der Waals surface area contributed by atoms with Gasteiger partial charge in [0.05, 0.1) is 0 Å². The van der Waals surface area contributed by atoms with E-state index in [4.69, 9.17) is 10.2 Å². The van der Waals surface area contributed by atoms with Crippen LogP contribution in [0.3, 0.4) is 0 Å². The number of hydrogen-bond donors (Lipinski definition) is 3. The molecule has 0 unspecified atom stereocenters. The number of nitrogens with one attached hydrogen (secondary N) is 1. The van der Waals surface area contributed by atoms with Crippen molar-refractivity contribution in [3.05, 3.63) is 33.7 Å². The van der Waals surface area contributed by atoms with Crippen molar-refractivity contribution in [2.45, 2.75) is 13.8 Å². The van der Waals surface area contributed by atoms with Crippen LogP contribution in [-0.2, 0) is 0 Å². The molecule has 0 saturated heterocycles. The van der Waals surface area contributed by atoms with Gasteiger partial charge in [-0.3, -0.25) is 4.79 Å². The van der Waals surface area contributed by atoms with E-state index in [1.54, 1.807) is 0 Å². The molecule has 0 bridgehead atoms. The summed E-state index contributed by atoms with van der Waals surface area (Å²) in [6.07, 6.45) is 0. The lowest BCUT2D eigenvalue weighted by atomic mass is 10.3. The molecule has 1 aromatic rings.